The molecule has 1 aromatic carbocycles. The van der Waals surface area contributed by atoms with Crippen LogP contribution in [-0.4, -0.2) is 41.7 Å². The largest absolute Gasteiger partial charge is 0.378 e. The van der Waals surface area contributed by atoms with Crippen molar-refractivity contribution in [1.82, 2.24) is 9.88 Å². The predicted octanol–water partition coefficient (Wildman–Crippen LogP) is 3.97. The molecule has 0 aliphatic carbocycles. The molecule has 5 heteroatoms. The molecule has 1 atom stereocenters. The summed E-state index contributed by atoms with van der Waals surface area (Å²) in [6.45, 7) is 4.54. The average Bonchev–Trinajstić information content (AvgIpc) is 3.16. The van der Waals surface area contributed by atoms with Crippen molar-refractivity contribution < 1.29 is 9.53 Å². The lowest BCUT2D eigenvalue weighted by atomic mass is 9.90. The Balaban J connectivity index is 1.43. The van der Waals surface area contributed by atoms with Crippen molar-refractivity contribution in [3.8, 4) is 0 Å². The Labute approximate surface area is 148 Å². The minimum Gasteiger partial charge on any atom is -0.378 e. The molecule has 2 aromatic rings. The Morgan fingerprint density at radius 1 is 1.28 bits per heavy atom. The molecule has 2 saturated heterocycles. The molecule has 5 nitrogen and oxygen atoms in total. The van der Waals surface area contributed by atoms with E-state index < -0.39 is 0 Å². The molecule has 25 heavy (non-hydrogen) atoms. The van der Waals surface area contributed by atoms with Crippen molar-refractivity contribution in [3.63, 3.8) is 0 Å². The summed E-state index contributed by atoms with van der Waals surface area (Å²) in [5.74, 6) is 0.605. The first kappa shape index (κ1) is 16.3. The number of aryl methyl sites for hydroxylation is 1. The van der Waals surface area contributed by atoms with Crippen LogP contribution in [0.3, 0.4) is 0 Å². The van der Waals surface area contributed by atoms with Crippen molar-refractivity contribution in [3.05, 3.63) is 36.0 Å². The van der Waals surface area contributed by atoms with E-state index in [4.69, 9.17) is 4.74 Å². The van der Waals surface area contributed by atoms with Gasteiger partial charge in [-0.05, 0) is 62.3 Å². The zero-order valence-electron chi connectivity index (χ0n) is 14.7. The molecule has 0 bridgehead atoms. The molecule has 2 amide bonds. The normalized spacial score (nSPS) is 21.6. The molecule has 2 fully saturated rings. The maximum absolute atomic E-state index is 12.7. The number of pyridine rings is 1. The van der Waals surface area contributed by atoms with Gasteiger partial charge in [-0.25, -0.2) is 4.79 Å². The number of nitrogens with one attached hydrogen (secondary N) is 1. The van der Waals surface area contributed by atoms with Gasteiger partial charge >= 0.3 is 6.03 Å². The van der Waals surface area contributed by atoms with Gasteiger partial charge in [0, 0.05) is 31.3 Å². The molecule has 132 valence electrons. The number of amides is 2. The molecule has 0 saturated carbocycles. The van der Waals surface area contributed by atoms with Gasteiger partial charge in [0.1, 0.15) is 0 Å². The Kier molecular flexibility index (Phi) is 4.57. The lowest BCUT2D eigenvalue weighted by Gasteiger charge is -2.34. The summed E-state index contributed by atoms with van der Waals surface area (Å²) in [5, 5.41) is 4.12. The number of hydrogen-bond acceptors (Lipinski definition) is 3. The highest BCUT2D eigenvalue weighted by Gasteiger charge is 2.31. The van der Waals surface area contributed by atoms with Crippen molar-refractivity contribution in [1.29, 1.82) is 0 Å². The lowest BCUT2D eigenvalue weighted by Crippen LogP contribution is -2.43. The van der Waals surface area contributed by atoms with Gasteiger partial charge < -0.3 is 15.0 Å². The molecular weight excluding hydrogens is 314 g/mol. The van der Waals surface area contributed by atoms with Gasteiger partial charge in [0.25, 0.3) is 0 Å². The van der Waals surface area contributed by atoms with E-state index in [9.17, 15) is 4.79 Å². The number of fused-ring (bicyclic) bond motifs is 1. The third-order valence-corrected chi connectivity index (χ3v) is 5.41. The first-order valence-corrected chi connectivity index (χ1v) is 9.23. The fraction of sp³-hybridized carbons (Fsp3) is 0.500. The van der Waals surface area contributed by atoms with Gasteiger partial charge in [-0.1, -0.05) is 6.07 Å². The van der Waals surface area contributed by atoms with E-state index in [0.717, 1.165) is 54.7 Å². The number of ether oxygens (including phenoxy) is 1. The van der Waals surface area contributed by atoms with Crippen molar-refractivity contribution in [2.75, 3.05) is 25.0 Å². The molecule has 1 aromatic heterocycles. The summed E-state index contributed by atoms with van der Waals surface area (Å²) >= 11 is 0. The predicted molar refractivity (Wildman–Crippen MR) is 98.8 cm³/mol. The number of rotatable bonds is 2. The number of piperidine rings is 1. The SMILES string of the molecule is Cc1cc(NC(=O)N2CCC([C@H]3CCCO3)CC2)c2ncccc2c1. The zero-order valence-corrected chi connectivity index (χ0v) is 14.7. The molecule has 0 radical (unpaired) electrons. The van der Waals surface area contributed by atoms with Gasteiger partial charge in [0.2, 0.25) is 0 Å². The van der Waals surface area contributed by atoms with Crippen molar-refractivity contribution >= 4 is 22.6 Å². The molecule has 0 spiro atoms. The van der Waals surface area contributed by atoms with Gasteiger partial charge in [0.05, 0.1) is 17.3 Å². The average molecular weight is 339 g/mol. The first-order valence-electron chi connectivity index (χ1n) is 9.23. The Morgan fingerprint density at radius 2 is 2.12 bits per heavy atom. The van der Waals surface area contributed by atoms with Gasteiger partial charge in [0.15, 0.2) is 0 Å². The maximum Gasteiger partial charge on any atom is 0.321 e. The van der Waals surface area contributed by atoms with Gasteiger partial charge in [-0.3, -0.25) is 4.98 Å². The highest BCUT2D eigenvalue weighted by atomic mass is 16.5. The monoisotopic (exact) mass is 339 g/mol. The number of anilines is 1. The summed E-state index contributed by atoms with van der Waals surface area (Å²) in [5.41, 5.74) is 2.76. The van der Waals surface area contributed by atoms with Crippen LogP contribution in [0, 0.1) is 12.8 Å². The standard InChI is InChI=1S/C20H25N3O2/c1-14-12-16-4-2-8-21-19(16)17(13-14)22-20(24)23-9-6-15(7-10-23)18-5-3-11-25-18/h2,4,8,12-13,15,18H,3,5-7,9-11H2,1H3,(H,22,24)/t18-/m1/s1. The Morgan fingerprint density at radius 3 is 2.88 bits per heavy atom. The summed E-state index contributed by atoms with van der Waals surface area (Å²) in [4.78, 5) is 19.1. The maximum atomic E-state index is 12.7. The van der Waals surface area contributed by atoms with Crippen LogP contribution in [0.2, 0.25) is 0 Å². The number of aromatic nitrogens is 1. The highest BCUT2D eigenvalue weighted by molar-refractivity contribution is 6.00. The van der Waals surface area contributed by atoms with E-state index >= 15 is 0 Å². The Bertz CT molecular complexity index is 763. The van der Waals surface area contributed by atoms with Crippen LogP contribution < -0.4 is 5.32 Å². The zero-order chi connectivity index (χ0) is 17.2. The molecule has 3 heterocycles. The van der Waals surface area contributed by atoms with E-state index in [1.165, 1.54) is 12.8 Å². The summed E-state index contributed by atoms with van der Waals surface area (Å²) in [6.07, 6.45) is 6.60. The second-order valence-electron chi connectivity index (χ2n) is 7.19. The Hall–Kier alpha value is -2.14. The number of urea groups is 1. The van der Waals surface area contributed by atoms with E-state index in [1.54, 1.807) is 6.20 Å². The van der Waals surface area contributed by atoms with E-state index in [-0.39, 0.29) is 6.03 Å². The van der Waals surface area contributed by atoms with E-state index in [1.807, 2.05) is 30.0 Å². The number of likely N-dealkylation sites (tertiary alicyclic amines) is 1. The fourth-order valence-electron chi connectivity index (χ4n) is 4.08. The summed E-state index contributed by atoms with van der Waals surface area (Å²) in [7, 11) is 0. The number of nitrogens with zero attached hydrogens (tertiary/aromatic N) is 2. The second kappa shape index (κ2) is 7.00. The third kappa shape index (κ3) is 3.47. The van der Waals surface area contributed by atoms with E-state index in [0.29, 0.717) is 12.0 Å². The van der Waals surface area contributed by atoms with Crippen LogP contribution >= 0.6 is 0 Å². The van der Waals surface area contributed by atoms with Crippen LogP contribution in [0.25, 0.3) is 10.9 Å². The number of carbonyl (C=O) groups is 1. The van der Waals surface area contributed by atoms with Crippen LogP contribution in [0.1, 0.15) is 31.2 Å². The number of hydrogen-bond donors (Lipinski definition) is 1. The van der Waals surface area contributed by atoms with Crippen LogP contribution in [0.4, 0.5) is 10.5 Å². The fourth-order valence-corrected chi connectivity index (χ4v) is 4.08. The molecule has 4 rings (SSSR count). The van der Waals surface area contributed by atoms with E-state index in [2.05, 4.69) is 16.4 Å². The lowest BCUT2D eigenvalue weighted by molar-refractivity contribution is 0.0382. The second-order valence-corrected chi connectivity index (χ2v) is 7.19. The minimum atomic E-state index is -0.0247. The summed E-state index contributed by atoms with van der Waals surface area (Å²) in [6, 6.07) is 8.00. The quantitative estimate of drug-likeness (QED) is 0.901. The van der Waals surface area contributed by atoms with Crippen molar-refractivity contribution in [2.24, 2.45) is 5.92 Å². The van der Waals surface area contributed by atoms with Gasteiger partial charge in [-0.2, -0.15) is 0 Å². The van der Waals surface area contributed by atoms with Gasteiger partial charge in [-0.15, -0.1) is 0 Å². The van der Waals surface area contributed by atoms with Crippen LogP contribution in [0.15, 0.2) is 30.5 Å². The molecule has 2 aliphatic rings. The van der Waals surface area contributed by atoms with Crippen LogP contribution in [-0.2, 0) is 4.74 Å². The van der Waals surface area contributed by atoms with Crippen molar-refractivity contribution in [2.45, 2.75) is 38.7 Å². The van der Waals surface area contributed by atoms with Crippen LogP contribution in [0.5, 0.6) is 0 Å². The first-order chi connectivity index (χ1) is 12.2. The molecular formula is C20H25N3O2. The smallest absolute Gasteiger partial charge is 0.321 e. The molecule has 0 unspecified atom stereocenters. The third-order valence-electron chi connectivity index (χ3n) is 5.41. The molecule has 2 aliphatic heterocycles. The highest BCUT2D eigenvalue weighted by Crippen LogP contribution is 2.29. The topological polar surface area (TPSA) is 54.5 Å². The number of benzene rings is 1. The number of carbonyl (C=O) groups excluding carboxylic acids is 1. The minimum absolute atomic E-state index is 0.0247. The molecule has 1 N–H and O–H groups in total. The summed E-state index contributed by atoms with van der Waals surface area (Å²) < 4.78 is 5.82.